The van der Waals surface area contributed by atoms with E-state index in [1.54, 1.807) is 31.2 Å². The highest BCUT2D eigenvalue weighted by atomic mass is 35.5. The summed E-state index contributed by atoms with van der Waals surface area (Å²) in [5.41, 5.74) is 4.15. The second-order valence-corrected chi connectivity index (χ2v) is 8.77. The van der Waals surface area contributed by atoms with E-state index in [4.69, 9.17) is 11.6 Å². The maximum Gasteiger partial charge on any atom is 0.288 e. The van der Waals surface area contributed by atoms with Gasteiger partial charge in [-0.2, -0.15) is 13.5 Å². The molecule has 0 spiro atoms. The van der Waals surface area contributed by atoms with E-state index in [1.807, 2.05) is 6.92 Å². The lowest BCUT2D eigenvalue weighted by atomic mass is 10.1. The van der Waals surface area contributed by atoms with Gasteiger partial charge in [-0.3, -0.25) is 14.5 Å². The summed E-state index contributed by atoms with van der Waals surface area (Å²) in [5.74, 6) is -0.607. The summed E-state index contributed by atoms with van der Waals surface area (Å²) in [4.78, 5) is 13.6. The fourth-order valence-corrected chi connectivity index (χ4v) is 5.00. The third-order valence-electron chi connectivity index (χ3n) is 3.83. The van der Waals surface area contributed by atoms with Crippen molar-refractivity contribution in [2.24, 2.45) is 5.10 Å². The molecule has 2 heterocycles. The number of hydrogen-bond donors (Lipinski definition) is 1. The van der Waals surface area contributed by atoms with Gasteiger partial charge in [-0.1, -0.05) is 23.7 Å². The van der Waals surface area contributed by atoms with Gasteiger partial charge in [0.05, 0.1) is 16.3 Å². The van der Waals surface area contributed by atoms with Gasteiger partial charge in [0.1, 0.15) is 5.00 Å². The molecule has 0 unspecified atom stereocenters. The number of carbonyl (C=O) groups excluding carboxylic acids is 1. The van der Waals surface area contributed by atoms with Crippen molar-refractivity contribution in [2.45, 2.75) is 13.8 Å². The Morgan fingerprint density at radius 3 is 2.58 bits per heavy atom. The first-order valence-corrected chi connectivity index (χ1v) is 9.60. The summed E-state index contributed by atoms with van der Waals surface area (Å²) in [6.45, 7) is 3.65. The number of halogens is 1. The molecule has 1 aromatic carbocycles. The van der Waals surface area contributed by atoms with E-state index in [0.29, 0.717) is 21.3 Å². The number of ketones is 1. The molecule has 126 valence electrons. The zero-order chi connectivity index (χ0) is 17.6. The van der Waals surface area contributed by atoms with Crippen LogP contribution in [-0.2, 0) is 10.0 Å². The highest BCUT2D eigenvalue weighted by molar-refractivity contribution is 8.09. The lowest BCUT2D eigenvalue weighted by Gasteiger charge is -2.24. The number of benzene rings is 1. The number of thiophene rings is 1. The van der Waals surface area contributed by atoms with Crippen molar-refractivity contribution in [2.75, 3.05) is 16.8 Å². The molecule has 9 heteroatoms. The first kappa shape index (κ1) is 16.9. The van der Waals surface area contributed by atoms with Crippen molar-refractivity contribution in [3.05, 3.63) is 45.3 Å². The van der Waals surface area contributed by atoms with Crippen LogP contribution in [-0.4, -0.2) is 26.3 Å². The minimum atomic E-state index is -4.01. The van der Waals surface area contributed by atoms with Crippen molar-refractivity contribution >= 4 is 54.5 Å². The summed E-state index contributed by atoms with van der Waals surface area (Å²) < 4.78 is 26.3. The summed E-state index contributed by atoms with van der Waals surface area (Å²) in [6.07, 6.45) is 0. The van der Waals surface area contributed by atoms with Gasteiger partial charge in [0.2, 0.25) is 10.8 Å². The van der Waals surface area contributed by atoms with Crippen molar-refractivity contribution in [3.63, 3.8) is 0 Å². The van der Waals surface area contributed by atoms with Gasteiger partial charge in [0, 0.05) is 11.9 Å². The lowest BCUT2D eigenvalue weighted by Crippen LogP contribution is -2.42. The van der Waals surface area contributed by atoms with Crippen LogP contribution in [0.25, 0.3) is 0 Å². The Hall–Kier alpha value is -1.90. The number of nitrogens with zero attached hydrogens (tertiary/aromatic N) is 2. The highest BCUT2D eigenvalue weighted by Crippen LogP contribution is 2.40. The number of carbonyl (C=O) groups is 1. The molecular formula is C15H14ClN3O3S2. The number of aryl methyl sites for hydroxylation is 1. The van der Waals surface area contributed by atoms with Crippen LogP contribution in [0.5, 0.6) is 0 Å². The number of hydrogen-bond acceptors (Lipinski definition) is 6. The zero-order valence-electron chi connectivity index (χ0n) is 13.1. The third kappa shape index (κ3) is 2.51. The molecule has 1 aliphatic rings. The summed E-state index contributed by atoms with van der Waals surface area (Å²) >= 11 is 7.29. The predicted molar refractivity (Wildman–Crippen MR) is 98.0 cm³/mol. The van der Waals surface area contributed by atoms with Crippen molar-refractivity contribution in [3.8, 4) is 0 Å². The van der Waals surface area contributed by atoms with Gasteiger partial charge in [-0.25, -0.2) is 0 Å². The van der Waals surface area contributed by atoms with Crippen LogP contribution in [0, 0.1) is 13.8 Å². The van der Waals surface area contributed by atoms with Gasteiger partial charge in [-0.05, 0) is 31.5 Å². The zero-order valence-corrected chi connectivity index (χ0v) is 15.5. The number of sulfonamides is 1. The summed E-state index contributed by atoms with van der Waals surface area (Å²) in [7, 11) is -2.59. The molecule has 0 aliphatic carbocycles. The van der Waals surface area contributed by atoms with Crippen LogP contribution in [0.3, 0.4) is 0 Å². The molecule has 3 rings (SSSR count). The topological polar surface area (TPSA) is 78.8 Å². The number of anilines is 2. The first-order valence-electron chi connectivity index (χ1n) is 6.97. The number of rotatable bonds is 2. The van der Waals surface area contributed by atoms with Crippen LogP contribution in [0.4, 0.5) is 10.7 Å². The molecule has 1 N–H and O–H groups in total. The number of Topliss-reactive ketones (excluding diaryl/α,β-unsaturated/α-hetero) is 1. The normalized spacial score (nSPS) is 17.9. The molecule has 0 bridgehead atoms. The van der Waals surface area contributed by atoms with Crippen LogP contribution in [0.15, 0.2) is 29.4 Å². The Kier molecular flexibility index (Phi) is 4.15. The van der Waals surface area contributed by atoms with Crippen molar-refractivity contribution in [1.29, 1.82) is 0 Å². The molecule has 0 saturated heterocycles. The van der Waals surface area contributed by atoms with E-state index in [-0.39, 0.29) is 0 Å². The first-order chi connectivity index (χ1) is 11.2. The summed E-state index contributed by atoms with van der Waals surface area (Å²) in [6, 6.07) is 6.74. The van der Waals surface area contributed by atoms with E-state index >= 15 is 0 Å². The van der Waals surface area contributed by atoms with E-state index < -0.39 is 20.9 Å². The van der Waals surface area contributed by atoms with Crippen LogP contribution < -0.4 is 9.73 Å². The second kappa shape index (κ2) is 5.87. The molecule has 0 saturated carbocycles. The summed E-state index contributed by atoms with van der Waals surface area (Å²) in [5, 5.41) is 4.11. The fraction of sp³-hybridized carbons (Fsp3) is 0.200. The number of hydrazone groups is 1. The van der Waals surface area contributed by atoms with Crippen LogP contribution in [0.2, 0.25) is 5.02 Å². The molecule has 2 aromatic rings. The molecule has 0 amide bonds. The fourth-order valence-electron chi connectivity index (χ4n) is 2.33. The van der Waals surface area contributed by atoms with Crippen molar-refractivity contribution in [1.82, 2.24) is 0 Å². The SMILES string of the molecule is Cc1sc2c(c1C)C(=O)/C(=N\Nc1ccccc1Cl)S(=O)(=O)N2C. The Labute approximate surface area is 148 Å². The molecule has 1 aliphatic heterocycles. The Bertz CT molecular complexity index is 980. The molecule has 0 fully saturated rings. The van der Waals surface area contributed by atoms with E-state index in [0.717, 1.165) is 14.7 Å². The van der Waals surface area contributed by atoms with E-state index in [9.17, 15) is 13.2 Å². The number of fused-ring (bicyclic) bond motifs is 1. The average Bonchev–Trinajstić information content (AvgIpc) is 2.82. The quantitative estimate of drug-likeness (QED) is 0.806. The largest absolute Gasteiger partial charge is 0.288 e. The van der Waals surface area contributed by atoms with Crippen LogP contribution in [0.1, 0.15) is 20.8 Å². The molecular weight excluding hydrogens is 370 g/mol. The lowest BCUT2D eigenvalue weighted by molar-refractivity contribution is 0.106. The van der Waals surface area contributed by atoms with Gasteiger partial charge in [0.15, 0.2) is 0 Å². The van der Waals surface area contributed by atoms with Crippen molar-refractivity contribution < 1.29 is 13.2 Å². The molecule has 0 radical (unpaired) electrons. The Morgan fingerprint density at radius 1 is 1.25 bits per heavy atom. The second-order valence-electron chi connectivity index (χ2n) is 5.27. The third-order valence-corrected chi connectivity index (χ3v) is 7.23. The van der Waals surface area contributed by atoms with Gasteiger partial charge in [-0.15, -0.1) is 11.3 Å². The molecule has 1 aromatic heterocycles. The molecule has 24 heavy (non-hydrogen) atoms. The van der Waals surface area contributed by atoms with Gasteiger partial charge in [0.25, 0.3) is 10.0 Å². The van der Waals surface area contributed by atoms with E-state index in [1.165, 1.54) is 18.4 Å². The van der Waals surface area contributed by atoms with Gasteiger partial charge >= 0.3 is 0 Å². The minimum Gasteiger partial charge on any atom is -0.286 e. The van der Waals surface area contributed by atoms with Crippen LogP contribution >= 0.6 is 22.9 Å². The molecule has 0 atom stereocenters. The highest BCUT2D eigenvalue weighted by Gasteiger charge is 2.42. The Balaban J connectivity index is 2.11. The number of para-hydroxylation sites is 1. The van der Waals surface area contributed by atoms with Gasteiger partial charge < -0.3 is 0 Å². The average molecular weight is 384 g/mol. The van der Waals surface area contributed by atoms with E-state index in [2.05, 4.69) is 10.5 Å². The predicted octanol–water partition coefficient (Wildman–Crippen LogP) is 3.41. The monoisotopic (exact) mass is 383 g/mol. The number of nitrogens with one attached hydrogen (secondary N) is 1. The smallest absolute Gasteiger partial charge is 0.286 e. The standard InChI is InChI=1S/C15H14ClN3O3S2/c1-8-9(2)23-15-12(8)13(20)14(24(21,22)19(15)3)18-17-11-7-5-4-6-10(11)16/h4-7,17H,1-3H3/b18-14+. The maximum absolute atomic E-state index is 12.7. The minimum absolute atomic E-state index is 0.374. The molecule has 6 nitrogen and oxygen atoms in total. The Morgan fingerprint density at radius 2 is 1.92 bits per heavy atom. The maximum atomic E-state index is 12.7.